The van der Waals surface area contributed by atoms with E-state index in [0.717, 1.165) is 23.1 Å². The molecule has 2 heterocycles. The number of likely N-dealkylation sites (N-methyl/N-ethyl adjacent to an activating group) is 1. The van der Waals surface area contributed by atoms with Gasteiger partial charge in [0.25, 0.3) is 0 Å². The topological polar surface area (TPSA) is 80.5 Å². The first kappa shape index (κ1) is 20.3. The highest BCUT2D eigenvalue weighted by Gasteiger charge is 2.16. The fourth-order valence-electron chi connectivity index (χ4n) is 2.98. The third-order valence-electron chi connectivity index (χ3n) is 4.41. The van der Waals surface area contributed by atoms with Crippen molar-refractivity contribution in [2.24, 2.45) is 0 Å². The zero-order valence-electron chi connectivity index (χ0n) is 15.9. The van der Waals surface area contributed by atoms with Crippen LogP contribution in [0.2, 0.25) is 5.02 Å². The molecule has 0 saturated heterocycles. The minimum atomic E-state index is -0.978. The number of pyridine rings is 1. The van der Waals surface area contributed by atoms with E-state index in [1.165, 1.54) is 12.3 Å². The zero-order chi connectivity index (χ0) is 20.1. The van der Waals surface area contributed by atoms with Gasteiger partial charge in [-0.2, -0.15) is 5.10 Å². The van der Waals surface area contributed by atoms with Crippen LogP contribution < -0.4 is 0 Å². The number of carboxylic acid groups (broad SMARTS) is 1. The first-order valence-electron chi connectivity index (χ1n) is 8.99. The second kappa shape index (κ2) is 9.14. The van der Waals surface area contributed by atoms with Crippen LogP contribution in [-0.4, -0.2) is 64.6 Å². The Hall–Kier alpha value is -2.48. The molecular formula is C20H23ClN4O3. The molecule has 7 nitrogen and oxygen atoms in total. The summed E-state index contributed by atoms with van der Waals surface area (Å²) < 4.78 is 7.57. The van der Waals surface area contributed by atoms with Crippen LogP contribution in [0, 0.1) is 0 Å². The third-order valence-corrected chi connectivity index (χ3v) is 4.65. The number of aromatic carboxylic acids is 1. The van der Waals surface area contributed by atoms with Crippen molar-refractivity contribution < 1.29 is 14.6 Å². The van der Waals surface area contributed by atoms with E-state index >= 15 is 0 Å². The van der Waals surface area contributed by atoms with Gasteiger partial charge in [-0.25, -0.2) is 4.79 Å². The maximum atomic E-state index is 11.5. The molecule has 3 rings (SSSR count). The molecular weight excluding hydrogens is 380 g/mol. The Morgan fingerprint density at radius 2 is 2.11 bits per heavy atom. The molecule has 0 aliphatic carbocycles. The Kier molecular flexibility index (Phi) is 6.61. The molecule has 0 saturated carbocycles. The molecule has 0 fully saturated rings. The molecule has 1 aromatic carbocycles. The predicted molar refractivity (Wildman–Crippen MR) is 108 cm³/mol. The van der Waals surface area contributed by atoms with E-state index in [1.54, 1.807) is 6.20 Å². The lowest BCUT2D eigenvalue weighted by Gasteiger charge is -2.10. The summed E-state index contributed by atoms with van der Waals surface area (Å²) in [5, 5.41) is 15.6. The second-order valence-electron chi connectivity index (χ2n) is 6.76. The Bertz CT molecular complexity index is 971. The summed E-state index contributed by atoms with van der Waals surface area (Å²) in [6.07, 6.45) is 3.41. The van der Waals surface area contributed by atoms with Crippen molar-refractivity contribution in [3.8, 4) is 0 Å². The molecule has 0 unspecified atom stereocenters. The summed E-state index contributed by atoms with van der Waals surface area (Å²) in [5.74, 6) is -0.978. The summed E-state index contributed by atoms with van der Waals surface area (Å²) in [7, 11) is 4.01. The fourth-order valence-corrected chi connectivity index (χ4v) is 3.15. The van der Waals surface area contributed by atoms with Crippen molar-refractivity contribution in [2.75, 3.05) is 33.9 Å². The minimum Gasteiger partial charge on any atom is -0.478 e. The van der Waals surface area contributed by atoms with Crippen molar-refractivity contribution >= 4 is 28.5 Å². The number of aromatic nitrogens is 3. The van der Waals surface area contributed by atoms with Gasteiger partial charge >= 0.3 is 5.97 Å². The Morgan fingerprint density at radius 3 is 2.86 bits per heavy atom. The quantitative estimate of drug-likeness (QED) is 0.554. The monoisotopic (exact) mass is 402 g/mol. The van der Waals surface area contributed by atoms with Crippen LogP contribution in [0.4, 0.5) is 0 Å². The maximum absolute atomic E-state index is 11.5. The summed E-state index contributed by atoms with van der Waals surface area (Å²) in [6, 6.07) is 7.11. The van der Waals surface area contributed by atoms with Crippen LogP contribution in [-0.2, 0) is 17.7 Å². The third kappa shape index (κ3) is 4.86. The molecule has 2 aromatic heterocycles. The molecule has 0 bridgehead atoms. The van der Waals surface area contributed by atoms with Crippen LogP contribution in [0.5, 0.6) is 0 Å². The summed E-state index contributed by atoms with van der Waals surface area (Å²) in [6.45, 7) is 2.66. The number of hydrogen-bond acceptors (Lipinski definition) is 5. The standard InChI is InChI=1S/C20H23ClN4O3/c1-24(2)7-9-28-10-8-25-19-4-3-15(21)12-17(19)18(23-25)11-14-13-22-6-5-16(14)20(26)27/h3-6,12-13H,7-11H2,1-2H3,(H,26,27). The summed E-state index contributed by atoms with van der Waals surface area (Å²) in [5.41, 5.74) is 2.55. The van der Waals surface area contributed by atoms with Gasteiger partial charge in [-0.3, -0.25) is 9.67 Å². The normalized spacial score (nSPS) is 11.4. The van der Waals surface area contributed by atoms with E-state index in [9.17, 15) is 9.90 Å². The zero-order valence-corrected chi connectivity index (χ0v) is 16.7. The number of halogens is 1. The Balaban J connectivity index is 1.85. The molecule has 8 heteroatoms. The molecule has 148 valence electrons. The molecule has 0 amide bonds. The van der Waals surface area contributed by atoms with Gasteiger partial charge in [0, 0.05) is 35.8 Å². The van der Waals surface area contributed by atoms with Crippen LogP contribution in [0.3, 0.4) is 0 Å². The fraction of sp³-hybridized carbons (Fsp3) is 0.350. The van der Waals surface area contributed by atoms with E-state index in [4.69, 9.17) is 21.4 Å². The van der Waals surface area contributed by atoms with Gasteiger partial charge in [0.2, 0.25) is 0 Å². The molecule has 0 spiro atoms. The molecule has 28 heavy (non-hydrogen) atoms. The second-order valence-corrected chi connectivity index (χ2v) is 7.20. The number of ether oxygens (including phenoxy) is 1. The van der Waals surface area contributed by atoms with Gasteiger partial charge in [-0.15, -0.1) is 0 Å². The minimum absolute atomic E-state index is 0.228. The average Bonchev–Trinajstić information content (AvgIpc) is 2.98. The van der Waals surface area contributed by atoms with E-state index in [-0.39, 0.29) is 5.56 Å². The van der Waals surface area contributed by atoms with Gasteiger partial charge in [0.1, 0.15) is 0 Å². The van der Waals surface area contributed by atoms with Crippen LogP contribution in [0.25, 0.3) is 10.9 Å². The van der Waals surface area contributed by atoms with Gasteiger partial charge < -0.3 is 14.7 Å². The van der Waals surface area contributed by atoms with Crippen molar-refractivity contribution in [2.45, 2.75) is 13.0 Å². The van der Waals surface area contributed by atoms with E-state index in [0.29, 0.717) is 36.8 Å². The first-order valence-corrected chi connectivity index (χ1v) is 9.37. The lowest BCUT2D eigenvalue weighted by Crippen LogP contribution is -2.19. The van der Waals surface area contributed by atoms with Crippen molar-refractivity contribution in [1.82, 2.24) is 19.7 Å². The lowest BCUT2D eigenvalue weighted by atomic mass is 10.0. The number of nitrogens with zero attached hydrogens (tertiary/aromatic N) is 4. The summed E-state index contributed by atoms with van der Waals surface area (Å²) >= 11 is 6.19. The molecule has 3 aromatic rings. The lowest BCUT2D eigenvalue weighted by molar-refractivity contribution is 0.0695. The number of carbonyl (C=O) groups is 1. The number of hydrogen-bond donors (Lipinski definition) is 1. The van der Waals surface area contributed by atoms with Crippen LogP contribution in [0.1, 0.15) is 21.6 Å². The molecule has 0 aliphatic heterocycles. The van der Waals surface area contributed by atoms with E-state index < -0.39 is 5.97 Å². The highest BCUT2D eigenvalue weighted by Crippen LogP contribution is 2.25. The smallest absolute Gasteiger partial charge is 0.336 e. The average molecular weight is 403 g/mol. The summed E-state index contributed by atoms with van der Waals surface area (Å²) in [4.78, 5) is 17.6. The highest BCUT2D eigenvalue weighted by molar-refractivity contribution is 6.31. The highest BCUT2D eigenvalue weighted by atomic mass is 35.5. The van der Waals surface area contributed by atoms with Gasteiger partial charge in [-0.1, -0.05) is 11.6 Å². The SMILES string of the molecule is CN(C)CCOCCn1nc(Cc2cnccc2C(=O)O)c2cc(Cl)ccc21. The van der Waals surface area contributed by atoms with Crippen molar-refractivity contribution in [1.29, 1.82) is 0 Å². The molecule has 0 aliphatic rings. The Labute approximate surface area is 168 Å². The predicted octanol–water partition coefficient (Wildman–Crippen LogP) is 2.95. The Morgan fingerprint density at radius 1 is 1.29 bits per heavy atom. The van der Waals surface area contributed by atoms with Gasteiger partial charge in [0.15, 0.2) is 0 Å². The van der Waals surface area contributed by atoms with Crippen LogP contribution >= 0.6 is 11.6 Å². The van der Waals surface area contributed by atoms with Gasteiger partial charge in [0.05, 0.1) is 36.5 Å². The number of carboxylic acids is 1. The number of benzene rings is 1. The van der Waals surface area contributed by atoms with Crippen molar-refractivity contribution in [3.05, 3.63) is 58.5 Å². The molecule has 1 N–H and O–H groups in total. The van der Waals surface area contributed by atoms with E-state index in [2.05, 4.69) is 9.88 Å². The van der Waals surface area contributed by atoms with Gasteiger partial charge in [-0.05, 0) is 43.9 Å². The molecule has 0 radical (unpaired) electrons. The molecule has 0 atom stereocenters. The van der Waals surface area contributed by atoms with E-state index in [1.807, 2.05) is 37.0 Å². The number of fused-ring (bicyclic) bond motifs is 1. The number of rotatable bonds is 9. The van der Waals surface area contributed by atoms with Crippen molar-refractivity contribution in [3.63, 3.8) is 0 Å². The largest absolute Gasteiger partial charge is 0.478 e. The van der Waals surface area contributed by atoms with Crippen LogP contribution in [0.15, 0.2) is 36.7 Å². The first-order chi connectivity index (χ1) is 13.5. The maximum Gasteiger partial charge on any atom is 0.336 e.